The summed E-state index contributed by atoms with van der Waals surface area (Å²) in [6, 6.07) is 0.716. The number of aliphatic imine (C=N–C) groups is 1. The van der Waals surface area contributed by atoms with Gasteiger partial charge in [-0.25, -0.2) is 4.31 Å². The Kier molecular flexibility index (Phi) is 5.09. The fraction of sp³-hybridized carbons (Fsp3) is 0.800. The Morgan fingerprint density at radius 3 is 2.06 bits per heavy atom. The first-order chi connectivity index (χ1) is 7.82. The zero-order valence-corrected chi connectivity index (χ0v) is 12.7. The highest BCUT2D eigenvalue weighted by atomic mass is 35.5. The molecule has 0 saturated carbocycles. The average molecular weight is 278 g/mol. The van der Waals surface area contributed by atoms with Gasteiger partial charge in [0.1, 0.15) is 11.1 Å². The Hall–Kier alpha value is -0.460. The molecule has 98 valence electrons. The zero-order valence-electron chi connectivity index (χ0n) is 11.2. The molecule has 0 aromatic heterocycles. The summed E-state index contributed by atoms with van der Waals surface area (Å²) >= 11 is 5.38. The molecule has 0 spiro atoms. The van der Waals surface area contributed by atoms with Crippen molar-refractivity contribution in [3.63, 3.8) is 0 Å². The minimum atomic E-state index is -0.582. The molecular formula is C10H20ClN5S. The number of rotatable bonds is 3. The van der Waals surface area contributed by atoms with E-state index in [1.54, 1.807) is 0 Å². The van der Waals surface area contributed by atoms with Crippen molar-refractivity contribution in [1.82, 2.24) is 9.21 Å². The second-order valence-electron chi connectivity index (χ2n) is 4.55. The third-order valence-corrected chi connectivity index (χ3v) is 4.27. The van der Waals surface area contributed by atoms with Gasteiger partial charge in [-0.15, -0.1) is 0 Å². The van der Waals surface area contributed by atoms with Crippen LogP contribution in [0.25, 0.3) is 0 Å². The molecule has 1 aliphatic heterocycles. The maximum atomic E-state index is 5.96. The molecule has 0 radical (unpaired) electrons. The molecule has 1 rings (SSSR count). The SMILES string of the molecule is CC(C)N(C(C)C)S1=NC(N(C)C)=NC(Cl)=N1. The fourth-order valence-electron chi connectivity index (χ4n) is 1.53. The van der Waals surface area contributed by atoms with E-state index in [-0.39, 0.29) is 5.29 Å². The van der Waals surface area contributed by atoms with Gasteiger partial charge in [0.05, 0.1) is 0 Å². The van der Waals surface area contributed by atoms with Gasteiger partial charge in [0, 0.05) is 26.2 Å². The lowest BCUT2D eigenvalue weighted by molar-refractivity contribution is 0.330. The summed E-state index contributed by atoms with van der Waals surface area (Å²) < 4.78 is 11.1. The molecule has 0 bridgehead atoms. The van der Waals surface area contributed by atoms with Crippen molar-refractivity contribution in [3.05, 3.63) is 0 Å². The summed E-state index contributed by atoms with van der Waals surface area (Å²) in [5, 5.41) is 0.276. The van der Waals surface area contributed by atoms with Crippen molar-refractivity contribution in [3.8, 4) is 0 Å². The van der Waals surface area contributed by atoms with Gasteiger partial charge in [-0.2, -0.15) is 13.8 Å². The van der Waals surface area contributed by atoms with E-state index in [0.717, 1.165) is 0 Å². The average Bonchev–Trinajstić information content (AvgIpc) is 2.15. The molecule has 0 N–H and O–H groups in total. The van der Waals surface area contributed by atoms with Crippen molar-refractivity contribution in [2.75, 3.05) is 14.1 Å². The number of nitrogens with zero attached hydrogens (tertiary/aromatic N) is 5. The van der Waals surface area contributed by atoms with E-state index in [0.29, 0.717) is 18.0 Å². The van der Waals surface area contributed by atoms with E-state index >= 15 is 0 Å². The molecule has 0 aromatic rings. The summed E-state index contributed by atoms with van der Waals surface area (Å²) in [5.41, 5.74) is 0. The van der Waals surface area contributed by atoms with Crippen LogP contribution in [-0.2, 0) is 11.1 Å². The summed E-state index contributed by atoms with van der Waals surface area (Å²) in [7, 11) is 3.79. The van der Waals surface area contributed by atoms with Gasteiger partial charge in [-0.05, 0) is 39.3 Å². The first-order valence-corrected chi connectivity index (χ1v) is 7.05. The second kappa shape index (κ2) is 5.93. The molecule has 1 unspecified atom stereocenters. The standard InChI is InChI=1S/C10H20ClN5S/c1-7(2)16(8(3)4)17-13-9(11)12-10(14-17)15(5)6/h7-8H,1-6H3. The minimum absolute atomic E-state index is 0.276. The highest BCUT2D eigenvalue weighted by Crippen LogP contribution is 2.16. The Labute approximate surface area is 111 Å². The predicted molar refractivity (Wildman–Crippen MR) is 76.3 cm³/mol. The first-order valence-electron chi connectivity index (χ1n) is 5.57. The van der Waals surface area contributed by atoms with Gasteiger partial charge in [-0.1, -0.05) is 0 Å². The smallest absolute Gasteiger partial charge is 0.236 e. The van der Waals surface area contributed by atoms with E-state index in [2.05, 4.69) is 45.8 Å². The van der Waals surface area contributed by atoms with Crippen LogP contribution in [0.5, 0.6) is 0 Å². The van der Waals surface area contributed by atoms with Crippen LogP contribution in [0.2, 0.25) is 0 Å². The van der Waals surface area contributed by atoms with Gasteiger partial charge in [-0.3, -0.25) is 0 Å². The molecule has 0 aliphatic carbocycles. The highest BCUT2D eigenvalue weighted by molar-refractivity contribution is 7.84. The lowest BCUT2D eigenvalue weighted by Gasteiger charge is -2.30. The van der Waals surface area contributed by atoms with Gasteiger partial charge >= 0.3 is 0 Å². The normalized spacial score (nSPS) is 20.5. The monoisotopic (exact) mass is 277 g/mol. The van der Waals surface area contributed by atoms with Crippen molar-refractivity contribution < 1.29 is 0 Å². The molecule has 1 atom stereocenters. The number of hydrogen-bond acceptors (Lipinski definition) is 5. The summed E-state index contributed by atoms with van der Waals surface area (Å²) in [4.78, 5) is 5.95. The molecule has 0 aromatic carbocycles. The van der Waals surface area contributed by atoms with E-state index in [1.165, 1.54) is 0 Å². The van der Waals surface area contributed by atoms with E-state index in [1.807, 2.05) is 19.0 Å². The Morgan fingerprint density at radius 2 is 1.65 bits per heavy atom. The first kappa shape index (κ1) is 14.6. The van der Waals surface area contributed by atoms with E-state index in [4.69, 9.17) is 11.6 Å². The van der Waals surface area contributed by atoms with Crippen LogP contribution >= 0.6 is 11.6 Å². The number of hydrogen-bond donors (Lipinski definition) is 0. The van der Waals surface area contributed by atoms with Crippen LogP contribution in [-0.4, -0.2) is 46.6 Å². The molecule has 0 saturated heterocycles. The van der Waals surface area contributed by atoms with Crippen molar-refractivity contribution in [1.29, 1.82) is 0 Å². The van der Waals surface area contributed by atoms with Gasteiger partial charge in [0.2, 0.25) is 11.3 Å². The van der Waals surface area contributed by atoms with Crippen molar-refractivity contribution in [2.24, 2.45) is 13.8 Å². The lowest BCUT2D eigenvalue weighted by atomic mass is 10.3. The van der Waals surface area contributed by atoms with Crippen LogP contribution in [0, 0.1) is 0 Å². The Morgan fingerprint density at radius 1 is 1.12 bits per heavy atom. The van der Waals surface area contributed by atoms with Crippen molar-refractivity contribution >= 4 is 33.9 Å². The van der Waals surface area contributed by atoms with Crippen LogP contribution in [0.3, 0.4) is 0 Å². The molecule has 7 heteroatoms. The van der Waals surface area contributed by atoms with Crippen LogP contribution in [0.4, 0.5) is 0 Å². The van der Waals surface area contributed by atoms with Crippen LogP contribution < -0.4 is 0 Å². The molecule has 1 heterocycles. The zero-order chi connectivity index (χ0) is 13.2. The number of guanidine groups is 1. The summed E-state index contributed by atoms with van der Waals surface area (Å²) in [5.74, 6) is 0.625. The second-order valence-corrected chi connectivity index (χ2v) is 6.16. The lowest BCUT2D eigenvalue weighted by Crippen LogP contribution is -2.39. The van der Waals surface area contributed by atoms with Crippen LogP contribution in [0.15, 0.2) is 13.8 Å². The highest BCUT2D eigenvalue weighted by Gasteiger charge is 2.22. The molecule has 0 fully saturated rings. The van der Waals surface area contributed by atoms with E-state index in [9.17, 15) is 0 Å². The molecule has 0 amide bonds. The Balaban J connectivity index is 3.09. The fourth-order valence-corrected chi connectivity index (χ4v) is 3.30. The largest absolute Gasteiger partial charge is 0.346 e. The summed E-state index contributed by atoms with van der Waals surface area (Å²) in [6.07, 6.45) is 0. The maximum absolute atomic E-state index is 5.96. The van der Waals surface area contributed by atoms with Crippen LogP contribution in [0.1, 0.15) is 27.7 Å². The maximum Gasteiger partial charge on any atom is 0.236 e. The van der Waals surface area contributed by atoms with Gasteiger partial charge in [0.15, 0.2) is 0 Å². The summed E-state index contributed by atoms with van der Waals surface area (Å²) in [6.45, 7) is 8.53. The van der Waals surface area contributed by atoms with Gasteiger partial charge < -0.3 is 4.90 Å². The van der Waals surface area contributed by atoms with Crippen molar-refractivity contribution in [2.45, 2.75) is 39.8 Å². The molecule has 1 aliphatic rings. The third kappa shape index (κ3) is 3.76. The molecule has 17 heavy (non-hydrogen) atoms. The minimum Gasteiger partial charge on any atom is -0.346 e. The third-order valence-electron chi connectivity index (χ3n) is 2.12. The molecular weight excluding hydrogens is 258 g/mol. The topological polar surface area (TPSA) is 43.6 Å². The Bertz CT molecular complexity index is 365. The van der Waals surface area contributed by atoms with Gasteiger partial charge in [0.25, 0.3) is 0 Å². The number of amidine groups is 1. The number of halogens is 1. The quantitative estimate of drug-likeness (QED) is 0.743. The predicted octanol–water partition coefficient (Wildman–Crippen LogP) is 2.26. The van der Waals surface area contributed by atoms with E-state index < -0.39 is 11.1 Å². The molecule has 5 nitrogen and oxygen atoms in total.